The summed E-state index contributed by atoms with van der Waals surface area (Å²) in [6.45, 7) is 13.4. The normalized spacial score (nSPS) is 11.8. The molecule has 109 heavy (non-hydrogen) atoms. The molecule has 2 atom stereocenters. The molecule has 9 heterocycles. The number of ether oxygens (including phenoxy) is 5. The van der Waals surface area contributed by atoms with Gasteiger partial charge in [-0.1, -0.05) is 53.0 Å². The van der Waals surface area contributed by atoms with Gasteiger partial charge in [0.1, 0.15) is 36.0 Å². The van der Waals surface area contributed by atoms with Gasteiger partial charge in [0.2, 0.25) is 34.8 Å². The summed E-state index contributed by atoms with van der Waals surface area (Å²) in [6.07, 6.45) is 7.22. The largest absolute Gasteiger partial charge is 0.503 e. The number of nitriles is 1. The minimum Gasteiger partial charge on any atom is -0.503 e. The molecule has 13 N–H and O–H groups in total. The number of halogens is 5. The number of rotatable bonds is 9. The maximum absolute atomic E-state index is 11.1. The van der Waals surface area contributed by atoms with Crippen LogP contribution < -0.4 is 21.1 Å². The predicted octanol–water partition coefficient (Wildman–Crippen LogP) is -0.225. The summed E-state index contributed by atoms with van der Waals surface area (Å²) in [7, 11) is 4.41. The number of aliphatic imine (C=N–C) groups is 2. The zero-order valence-electron chi connectivity index (χ0n) is 57.5. The van der Waals surface area contributed by atoms with Crippen molar-refractivity contribution in [3.63, 3.8) is 0 Å². The number of aliphatic hydroxyl groups is 4. The van der Waals surface area contributed by atoms with Crippen LogP contribution in [0.3, 0.4) is 0 Å². The van der Waals surface area contributed by atoms with Gasteiger partial charge in [-0.25, -0.2) is 84.0 Å². The van der Waals surface area contributed by atoms with E-state index in [2.05, 4.69) is 116 Å². The standard InChI is InChI=1S/C8H6N4O3.C8H12N2O3.C6H7ClN2O.C6H7N3.C5H4Cl2N2O.C5H7ClO4.C5H3N3.C5H6N2O3.C5H8O5.C4H3ClN2.6Ar.H2O/c13-4-7(14)11-6(12-8(4)15)5-9-2-1-3-10-5;1-5-7(12)8(13-4-3-11)10-6(2)9-5;1-3-5(10)6(7)9-4(2)8-3;1-5(7)6-8-3-2-4-9-6;1-2-8-4(6)3(10)5(7)9-2;1-9-4(7)3(6)5(8)10-2;6-4-5-7-2-1-3-8-5;1-2-6-4(9)3(8)5(10)7-2;1-9-4(7)3(6)5(8)10-2;5-4-6-2-1-3-7-4;;;;;;;/h1-4,13H,(H,11,12,14,15);11-12H,3-4H2,1-2H3;10H,1-2H3;2-4H,1,7H2;10H,1H3;3H,1-2H3;1-3H;3,8H,1H3,(H,6,7,9,10);3,6H,1-2H3;1-3H;;;;;;;1H2. The van der Waals surface area contributed by atoms with Crippen molar-refractivity contribution < 1.29 is 330 Å². The van der Waals surface area contributed by atoms with Crippen molar-refractivity contribution in [2.24, 2.45) is 15.7 Å². The molecular weight excluding hydrogens is 1720 g/mol. The molecule has 0 saturated heterocycles. The molecule has 52 heteroatoms. The van der Waals surface area contributed by atoms with Gasteiger partial charge in [-0.2, -0.15) is 20.2 Å². The van der Waals surface area contributed by atoms with Gasteiger partial charge in [-0.15, -0.1) is 0 Å². The molecule has 2 aliphatic heterocycles. The number of amides is 4. The van der Waals surface area contributed by atoms with Gasteiger partial charge in [-0.05, 0) is 77.4 Å². The van der Waals surface area contributed by atoms with Crippen LogP contribution in [0, 0.1) is 272 Å². The van der Waals surface area contributed by atoms with Crippen LogP contribution in [0.2, 0.25) is 20.7 Å². The summed E-state index contributed by atoms with van der Waals surface area (Å²) >= 11 is 26.9. The quantitative estimate of drug-likeness (QED) is 0.0223. The Labute approximate surface area is 825 Å². The average molecular weight is 1780 g/mol. The fraction of sp³-hybridized carbons (Fsp3) is 0.281. The van der Waals surface area contributed by atoms with Gasteiger partial charge >= 0.3 is 23.9 Å². The number of esters is 4. The van der Waals surface area contributed by atoms with Gasteiger partial charge < -0.3 is 81.3 Å². The fourth-order valence-electron chi connectivity index (χ4n) is 5.45. The van der Waals surface area contributed by atoms with E-state index in [4.69, 9.17) is 104 Å². The molecule has 7 aromatic heterocycles. The van der Waals surface area contributed by atoms with E-state index in [1.807, 2.05) is 0 Å². The fourth-order valence-corrected chi connectivity index (χ4v) is 6.47. The van der Waals surface area contributed by atoms with Gasteiger partial charge in [0, 0.05) is 276 Å². The molecule has 4 amide bonds. The number of methoxy groups -OCH3 is 4. The minimum atomic E-state index is -1.82. The molecular formula is C57H65Ar6Cl5N20O21. The van der Waals surface area contributed by atoms with E-state index >= 15 is 0 Å². The minimum absolute atomic E-state index is 0. The molecule has 2 aliphatic rings. The van der Waals surface area contributed by atoms with Gasteiger partial charge in [0.25, 0.3) is 29.5 Å². The van der Waals surface area contributed by atoms with Crippen LogP contribution in [-0.2, 0) is 57.3 Å². The predicted molar refractivity (Wildman–Crippen MR) is 359 cm³/mol. The number of carbonyl (C=O) groups excluding carboxylic acids is 8. The Bertz CT molecular complexity index is 3880. The van der Waals surface area contributed by atoms with E-state index in [1.54, 1.807) is 89.7 Å². The van der Waals surface area contributed by atoms with Crippen molar-refractivity contribution in [3.05, 3.63) is 147 Å². The number of hydrogen-bond donors (Lipinski definition) is 10. The molecule has 0 fully saturated rings. The molecule has 0 saturated carbocycles. The maximum atomic E-state index is 11.1. The van der Waals surface area contributed by atoms with Crippen molar-refractivity contribution in [2.75, 3.05) is 41.7 Å². The number of aromatic hydroxyl groups is 3. The van der Waals surface area contributed by atoms with Gasteiger partial charge in [-0.3, -0.25) is 19.2 Å². The molecule has 0 spiro atoms. The summed E-state index contributed by atoms with van der Waals surface area (Å²) in [5.41, 5.74) is 6.68. The number of alkyl halides is 1. The van der Waals surface area contributed by atoms with Gasteiger partial charge in [0.15, 0.2) is 50.2 Å². The molecule has 9 rings (SSSR count). The molecule has 7 aromatic rings. The second-order valence-electron chi connectivity index (χ2n) is 17.6. The third-order valence-corrected chi connectivity index (χ3v) is 11.4. The van der Waals surface area contributed by atoms with Crippen LogP contribution in [0.1, 0.15) is 53.3 Å². The molecule has 602 valence electrons. The van der Waals surface area contributed by atoms with E-state index < -0.39 is 71.2 Å². The molecule has 2 unspecified atom stereocenters. The number of nitrogens with two attached hydrogens (primary N) is 1. The number of carbonyl (C=O) groups is 8. The third kappa shape index (κ3) is 50.8. The van der Waals surface area contributed by atoms with E-state index in [1.165, 1.54) is 31.7 Å². The number of nitrogens with one attached hydrogen (secondary N) is 2. The molecule has 0 radical (unpaired) electrons. The first-order chi connectivity index (χ1) is 48.0. The summed E-state index contributed by atoms with van der Waals surface area (Å²) in [5.74, 6) is -4.61. The Morgan fingerprint density at radius 2 is 0.917 bits per heavy atom. The van der Waals surface area contributed by atoms with E-state index in [0.717, 1.165) is 28.4 Å². The summed E-state index contributed by atoms with van der Waals surface area (Å²) in [4.78, 5) is 144. The molecule has 0 aliphatic carbocycles. The Balaban J connectivity index is -0.000000173. The van der Waals surface area contributed by atoms with E-state index in [9.17, 15) is 43.5 Å². The number of nitrogens with zero attached hydrogens (tertiary/aromatic N) is 17. The van der Waals surface area contributed by atoms with E-state index in [0.29, 0.717) is 45.7 Å². The van der Waals surface area contributed by atoms with Crippen LogP contribution >= 0.6 is 58.0 Å². The van der Waals surface area contributed by atoms with Crippen LogP contribution in [0.4, 0.5) is 0 Å². The average Bonchev–Trinajstić information content (AvgIpc) is 0.834. The van der Waals surface area contributed by atoms with Crippen LogP contribution in [-0.4, -0.2) is 236 Å². The third-order valence-electron chi connectivity index (χ3n) is 10.0. The number of amidine groups is 2. The monoisotopic (exact) mass is 1780 g/mol. The molecule has 41 nitrogen and oxygen atoms in total. The van der Waals surface area contributed by atoms with Crippen molar-refractivity contribution >= 4 is 123 Å². The Hall–Kier alpha value is -3.90. The molecule has 0 aromatic carbocycles. The summed E-state index contributed by atoms with van der Waals surface area (Å²) < 4.78 is 21.4. The Morgan fingerprint density at radius 3 is 1.26 bits per heavy atom. The van der Waals surface area contributed by atoms with Gasteiger partial charge in [0.05, 0.1) is 52.1 Å². The first kappa shape index (κ1) is 121. The SMILES string of the molecule is C=C(N)c1ncccn1.CC1=NC(=O)C(O)C(=O)N1.COC(=O)C(Cl)C(=O)OC.COC(=O)C(O)C(=O)OC.Cc1nc(C)c(O)c(Cl)n1.Cc1nc(C)c(O)c(OCCO)n1.Cc1nc(Cl)c(O)c(Cl)n1.Clc1ncccn1.N#Cc1ncccn1.O.O=C1N=C(c2ncccn2)NC(=O)C1O.[Ar].[Ar].[Ar].[Ar].[Ar].[Ar]. The van der Waals surface area contributed by atoms with Crippen LogP contribution in [0.5, 0.6) is 23.1 Å². The smallest absolute Gasteiger partial charge is 0.346 e. The number of aromatic nitrogens is 14. The first-order valence-electron chi connectivity index (χ1n) is 27.3. The summed E-state index contributed by atoms with van der Waals surface area (Å²) in [5, 5.41) is 73.9. The second-order valence-corrected chi connectivity index (χ2v) is 19.5. The molecule has 0 bridgehead atoms. The Morgan fingerprint density at radius 1 is 0.560 bits per heavy atom. The van der Waals surface area contributed by atoms with Crippen molar-refractivity contribution in [2.45, 2.75) is 65.2 Å². The number of hydrogen-bond acceptors (Lipinski definition) is 36. The zero-order valence-corrected chi connectivity index (χ0v) is 65.5. The Kier molecular flexibility index (Phi) is 75.9. The summed E-state index contributed by atoms with van der Waals surface area (Å²) in [6, 6.07) is 8.50. The van der Waals surface area contributed by atoms with Crippen LogP contribution in [0.25, 0.3) is 5.70 Å². The topological polar surface area (TPSA) is 635 Å². The first-order valence-corrected chi connectivity index (χ1v) is 29.3. The second kappa shape index (κ2) is 68.5. The van der Waals surface area contributed by atoms with Crippen molar-refractivity contribution in [1.82, 2.24) is 80.4 Å². The zero-order chi connectivity index (χ0) is 77.8. The van der Waals surface area contributed by atoms with Crippen molar-refractivity contribution in [3.8, 4) is 29.2 Å². The maximum Gasteiger partial charge on any atom is 0.346 e. The number of aryl methyl sites for hydroxylation is 5. The van der Waals surface area contributed by atoms with E-state index in [-0.39, 0.29) is 307 Å². The van der Waals surface area contributed by atoms with Crippen LogP contribution in [0.15, 0.2) is 90.4 Å². The number of aliphatic hydroxyl groups excluding tert-OH is 4. The van der Waals surface area contributed by atoms with Crippen molar-refractivity contribution in [1.29, 1.82) is 5.26 Å².